The maximum Gasteiger partial charge on any atom is 0.325 e. The van der Waals surface area contributed by atoms with Crippen molar-refractivity contribution in [2.45, 2.75) is 39.5 Å². The fourth-order valence-electron chi connectivity index (χ4n) is 2.48. The third kappa shape index (κ3) is 3.24. The summed E-state index contributed by atoms with van der Waals surface area (Å²) < 4.78 is 0. The molecule has 0 spiro atoms. The van der Waals surface area contributed by atoms with Crippen LogP contribution in [0.15, 0.2) is 18.2 Å². The quantitative estimate of drug-likeness (QED) is 0.869. The highest BCUT2D eigenvalue weighted by Crippen LogP contribution is 2.29. The minimum absolute atomic E-state index is 0.232. The number of carbonyl (C=O) groups excluding carboxylic acids is 1. The van der Waals surface area contributed by atoms with Gasteiger partial charge in [-0.1, -0.05) is 6.07 Å². The molecule has 110 valence electrons. The minimum Gasteiger partial charge on any atom is -0.308 e. The Balaban J connectivity index is 1.66. The van der Waals surface area contributed by atoms with Crippen molar-refractivity contribution in [1.82, 2.24) is 4.98 Å². The third-order valence-electron chi connectivity index (χ3n) is 3.83. The largest absolute Gasteiger partial charge is 0.325 e. The first-order chi connectivity index (χ1) is 10.1. The van der Waals surface area contributed by atoms with Gasteiger partial charge in [0.2, 0.25) is 0 Å². The summed E-state index contributed by atoms with van der Waals surface area (Å²) >= 11 is 1.60. The maximum absolute atomic E-state index is 12.0. The molecule has 21 heavy (non-hydrogen) atoms. The molecule has 1 aliphatic carbocycles. The molecule has 1 heterocycles. The van der Waals surface area contributed by atoms with Crippen LogP contribution in [0.3, 0.4) is 0 Å². The zero-order chi connectivity index (χ0) is 14.8. The van der Waals surface area contributed by atoms with Crippen molar-refractivity contribution in [1.29, 1.82) is 0 Å². The van der Waals surface area contributed by atoms with E-state index in [4.69, 9.17) is 0 Å². The number of thiazole rings is 1. The number of nitrogens with zero attached hydrogens (tertiary/aromatic N) is 1. The maximum atomic E-state index is 12.0. The van der Waals surface area contributed by atoms with Gasteiger partial charge in [0.1, 0.15) is 0 Å². The van der Waals surface area contributed by atoms with Crippen LogP contribution < -0.4 is 10.6 Å². The van der Waals surface area contributed by atoms with E-state index in [1.165, 1.54) is 23.3 Å². The van der Waals surface area contributed by atoms with Gasteiger partial charge in [-0.05, 0) is 62.8 Å². The summed E-state index contributed by atoms with van der Waals surface area (Å²) in [6.45, 7) is 4.09. The topological polar surface area (TPSA) is 54.0 Å². The number of anilines is 2. The number of carbonyl (C=O) groups is 1. The lowest BCUT2D eigenvalue weighted by molar-refractivity contribution is 0.262. The van der Waals surface area contributed by atoms with E-state index in [1.807, 2.05) is 25.1 Å². The number of urea groups is 1. The molecule has 0 saturated carbocycles. The highest BCUT2D eigenvalue weighted by Gasteiger charge is 2.16. The summed E-state index contributed by atoms with van der Waals surface area (Å²) in [4.78, 5) is 17.9. The summed E-state index contributed by atoms with van der Waals surface area (Å²) in [6, 6.07) is 5.66. The molecule has 2 aromatic rings. The smallest absolute Gasteiger partial charge is 0.308 e. The number of hydrogen-bond acceptors (Lipinski definition) is 3. The first kappa shape index (κ1) is 14.1. The SMILES string of the molecule is Cc1ccc(NC(=O)Nc2nc3c(s2)CCCC3)cc1C. The second-order valence-corrected chi connectivity index (χ2v) is 6.56. The molecule has 0 radical (unpaired) electrons. The number of hydrogen-bond donors (Lipinski definition) is 2. The molecule has 1 aliphatic rings. The van der Waals surface area contributed by atoms with Gasteiger partial charge in [0, 0.05) is 10.6 Å². The van der Waals surface area contributed by atoms with Crippen molar-refractivity contribution in [3.8, 4) is 0 Å². The standard InChI is InChI=1S/C16H19N3OS/c1-10-7-8-12(9-11(10)2)17-15(20)19-16-18-13-5-3-4-6-14(13)21-16/h7-9H,3-6H2,1-2H3,(H2,17,18,19,20). The van der Waals surface area contributed by atoms with Gasteiger partial charge >= 0.3 is 6.03 Å². The van der Waals surface area contributed by atoms with E-state index in [9.17, 15) is 4.79 Å². The van der Waals surface area contributed by atoms with Crippen molar-refractivity contribution in [3.63, 3.8) is 0 Å². The van der Waals surface area contributed by atoms with Gasteiger partial charge in [-0.3, -0.25) is 5.32 Å². The lowest BCUT2D eigenvalue weighted by atomic mass is 10.0. The van der Waals surface area contributed by atoms with E-state index in [-0.39, 0.29) is 6.03 Å². The number of aromatic nitrogens is 1. The molecule has 3 rings (SSSR count). The lowest BCUT2D eigenvalue weighted by Crippen LogP contribution is -2.19. The van der Waals surface area contributed by atoms with E-state index in [0.29, 0.717) is 5.13 Å². The molecule has 2 amide bonds. The Hall–Kier alpha value is -1.88. The Labute approximate surface area is 128 Å². The van der Waals surface area contributed by atoms with Crippen LogP contribution in [0, 0.1) is 13.8 Å². The summed E-state index contributed by atoms with van der Waals surface area (Å²) in [5.74, 6) is 0. The zero-order valence-electron chi connectivity index (χ0n) is 12.3. The van der Waals surface area contributed by atoms with E-state index in [2.05, 4.69) is 22.5 Å². The van der Waals surface area contributed by atoms with Gasteiger partial charge in [-0.15, -0.1) is 11.3 Å². The Morgan fingerprint density at radius 1 is 1.14 bits per heavy atom. The molecule has 0 bridgehead atoms. The monoisotopic (exact) mass is 301 g/mol. The van der Waals surface area contributed by atoms with Crippen LogP contribution in [0.25, 0.3) is 0 Å². The Bertz CT molecular complexity index is 655. The highest BCUT2D eigenvalue weighted by atomic mass is 32.1. The zero-order valence-corrected chi connectivity index (χ0v) is 13.1. The third-order valence-corrected chi connectivity index (χ3v) is 4.90. The fraction of sp³-hybridized carbons (Fsp3) is 0.375. The van der Waals surface area contributed by atoms with Crippen molar-refractivity contribution in [2.75, 3.05) is 10.6 Å². The van der Waals surface area contributed by atoms with Gasteiger partial charge < -0.3 is 5.32 Å². The molecular formula is C16H19N3OS. The number of amides is 2. The number of aryl methyl sites for hydroxylation is 4. The Morgan fingerprint density at radius 3 is 2.71 bits per heavy atom. The molecular weight excluding hydrogens is 282 g/mol. The summed E-state index contributed by atoms with van der Waals surface area (Å²) in [5, 5.41) is 6.39. The first-order valence-corrected chi connectivity index (χ1v) is 8.07. The second kappa shape index (κ2) is 5.85. The van der Waals surface area contributed by atoms with Gasteiger partial charge in [-0.2, -0.15) is 0 Å². The van der Waals surface area contributed by atoms with Crippen LogP contribution in [0.5, 0.6) is 0 Å². The van der Waals surface area contributed by atoms with Crippen molar-refractivity contribution in [3.05, 3.63) is 39.9 Å². The lowest BCUT2D eigenvalue weighted by Gasteiger charge is -2.07. The number of rotatable bonds is 2. The van der Waals surface area contributed by atoms with Gasteiger partial charge in [-0.25, -0.2) is 9.78 Å². The van der Waals surface area contributed by atoms with Crippen LogP contribution in [-0.4, -0.2) is 11.0 Å². The molecule has 5 heteroatoms. The van der Waals surface area contributed by atoms with Crippen molar-refractivity contribution >= 4 is 28.2 Å². The molecule has 0 unspecified atom stereocenters. The first-order valence-electron chi connectivity index (χ1n) is 7.25. The molecule has 0 saturated heterocycles. The number of nitrogens with one attached hydrogen (secondary N) is 2. The molecule has 4 nitrogen and oxygen atoms in total. The summed E-state index contributed by atoms with van der Waals surface area (Å²) in [6.07, 6.45) is 4.55. The molecule has 2 N–H and O–H groups in total. The average molecular weight is 301 g/mol. The second-order valence-electron chi connectivity index (χ2n) is 5.47. The molecule has 0 atom stereocenters. The molecule has 0 aliphatic heterocycles. The van der Waals surface area contributed by atoms with Gasteiger partial charge in [0.25, 0.3) is 0 Å². The van der Waals surface area contributed by atoms with E-state index in [1.54, 1.807) is 11.3 Å². The van der Waals surface area contributed by atoms with Gasteiger partial charge in [0.05, 0.1) is 5.69 Å². The van der Waals surface area contributed by atoms with Gasteiger partial charge in [0.15, 0.2) is 5.13 Å². The molecule has 0 fully saturated rings. The van der Waals surface area contributed by atoms with Crippen LogP contribution in [0.1, 0.15) is 34.5 Å². The average Bonchev–Trinajstić information content (AvgIpc) is 2.84. The predicted octanol–water partition coefficient (Wildman–Crippen LogP) is 4.28. The predicted molar refractivity (Wildman–Crippen MR) is 87.3 cm³/mol. The number of fused-ring (bicyclic) bond motifs is 1. The number of benzene rings is 1. The van der Waals surface area contributed by atoms with Crippen LogP contribution >= 0.6 is 11.3 Å². The molecule has 1 aromatic heterocycles. The Kier molecular flexibility index (Phi) is 3.92. The summed E-state index contributed by atoms with van der Waals surface area (Å²) in [5.41, 5.74) is 4.34. The molecule has 1 aromatic carbocycles. The Morgan fingerprint density at radius 2 is 1.95 bits per heavy atom. The van der Waals surface area contributed by atoms with Crippen LogP contribution in [0.4, 0.5) is 15.6 Å². The van der Waals surface area contributed by atoms with Crippen molar-refractivity contribution < 1.29 is 4.79 Å². The van der Waals surface area contributed by atoms with E-state index >= 15 is 0 Å². The van der Waals surface area contributed by atoms with E-state index in [0.717, 1.165) is 29.8 Å². The van der Waals surface area contributed by atoms with Crippen LogP contribution in [0.2, 0.25) is 0 Å². The minimum atomic E-state index is -0.232. The highest BCUT2D eigenvalue weighted by molar-refractivity contribution is 7.15. The fourth-order valence-corrected chi connectivity index (χ4v) is 3.53. The van der Waals surface area contributed by atoms with Crippen LogP contribution in [-0.2, 0) is 12.8 Å². The van der Waals surface area contributed by atoms with E-state index < -0.39 is 0 Å². The van der Waals surface area contributed by atoms with Crippen molar-refractivity contribution in [2.24, 2.45) is 0 Å². The normalized spacial score (nSPS) is 13.6. The summed E-state index contributed by atoms with van der Waals surface area (Å²) in [7, 11) is 0.